The molecule has 1 aliphatic carbocycles. The number of hydrogen-bond donors (Lipinski definition) is 2. The summed E-state index contributed by atoms with van der Waals surface area (Å²) in [5.41, 5.74) is 4.77. The molecule has 0 spiro atoms. The molecule has 0 bridgehead atoms. The number of aliphatic carboxylic acids is 1. The van der Waals surface area contributed by atoms with Crippen LogP contribution in [0, 0.1) is 0 Å². The van der Waals surface area contributed by atoms with Crippen molar-refractivity contribution in [1.29, 1.82) is 0 Å². The normalized spacial score (nSPS) is 16.7. The Morgan fingerprint density at radius 1 is 1.10 bits per heavy atom. The second-order valence-electron chi connectivity index (χ2n) is 5.51. The van der Waals surface area contributed by atoms with Gasteiger partial charge in [-0.1, -0.05) is 48.5 Å². The highest BCUT2D eigenvalue weighted by molar-refractivity contribution is 5.70. The van der Waals surface area contributed by atoms with Crippen LogP contribution < -0.4 is 5.32 Å². The lowest BCUT2D eigenvalue weighted by atomic mass is 10.0. The summed E-state index contributed by atoms with van der Waals surface area (Å²) >= 11 is 0. The summed E-state index contributed by atoms with van der Waals surface area (Å²) in [7, 11) is 0. The summed E-state index contributed by atoms with van der Waals surface area (Å²) in [6, 6.07) is 16.7. The average Bonchev–Trinajstić information content (AvgIpc) is 2.89. The Morgan fingerprint density at radius 2 is 1.81 bits per heavy atom. The minimum absolute atomic E-state index is 0.0824. The van der Waals surface area contributed by atoms with E-state index in [4.69, 9.17) is 5.11 Å². The van der Waals surface area contributed by atoms with Gasteiger partial charge in [0.05, 0.1) is 6.42 Å². The molecular formula is C18H19NO2. The molecule has 21 heavy (non-hydrogen) atoms. The molecule has 2 aromatic carbocycles. The van der Waals surface area contributed by atoms with E-state index in [-0.39, 0.29) is 6.42 Å². The predicted octanol–water partition coefficient (Wildman–Crippen LogP) is 3.09. The number of aryl methyl sites for hydroxylation is 1. The van der Waals surface area contributed by atoms with Crippen LogP contribution in [-0.2, 0) is 24.2 Å². The maximum absolute atomic E-state index is 10.9. The maximum atomic E-state index is 10.9. The molecule has 0 aliphatic heterocycles. The van der Waals surface area contributed by atoms with Gasteiger partial charge in [0.15, 0.2) is 0 Å². The molecule has 3 rings (SSSR count). The van der Waals surface area contributed by atoms with Gasteiger partial charge in [-0.05, 0) is 35.1 Å². The fourth-order valence-corrected chi connectivity index (χ4v) is 3.07. The molecule has 0 amide bonds. The molecule has 3 heteroatoms. The number of carbonyl (C=O) groups is 1. The monoisotopic (exact) mass is 281 g/mol. The molecule has 0 radical (unpaired) electrons. The van der Waals surface area contributed by atoms with Crippen LogP contribution in [0.15, 0.2) is 48.5 Å². The number of benzene rings is 2. The molecule has 0 saturated heterocycles. The number of hydrogen-bond acceptors (Lipinski definition) is 2. The van der Waals surface area contributed by atoms with Gasteiger partial charge in [-0.25, -0.2) is 0 Å². The van der Waals surface area contributed by atoms with Crippen LogP contribution in [0.3, 0.4) is 0 Å². The van der Waals surface area contributed by atoms with Crippen LogP contribution in [0.4, 0.5) is 0 Å². The lowest BCUT2D eigenvalue weighted by Crippen LogP contribution is -2.20. The van der Waals surface area contributed by atoms with Crippen molar-refractivity contribution in [2.45, 2.75) is 31.8 Å². The van der Waals surface area contributed by atoms with Gasteiger partial charge in [-0.3, -0.25) is 4.79 Å². The summed E-state index contributed by atoms with van der Waals surface area (Å²) in [6.45, 7) is 0.711. The van der Waals surface area contributed by atoms with Gasteiger partial charge in [0, 0.05) is 12.6 Å². The van der Waals surface area contributed by atoms with Gasteiger partial charge in [0.2, 0.25) is 0 Å². The standard InChI is InChI=1S/C18H19NO2/c20-18(21)11-14-6-1-2-7-15(14)12-19-17-10-9-13-5-3-4-8-16(13)17/h1-8,17,19H,9-12H2,(H,20,21). The van der Waals surface area contributed by atoms with E-state index in [0.717, 1.165) is 24.0 Å². The van der Waals surface area contributed by atoms with E-state index in [9.17, 15) is 4.79 Å². The van der Waals surface area contributed by atoms with Crippen LogP contribution >= 0.6 is 0 Å². The van der Waals surface area contributed by atoms with Crippen molar-refractivity contribution in [3.05, 3.63) is 70.8 Å². The van der Waals surface area contributed by atoms with Gasteiger partial charge < -0.3 is 10.4 Å². The number of carboxylic acid groups (broad SMARTS) is 1. The first kappa shape index (κ1) is 13.8. The average molecular weight is 281 g/mol. The zero-order valence-corrected chi connectivity index (χ0v) is 11.9. The van der Waals surface area contributed by atoms with E-state index < -0.39 is 5.97 Å². The van der Waals surface area contributed by atoms with Crippen LogP contribution in [0.1, 0.15) is 34.7 Å². The first-order valence-corrected chi connectivity index (χ1v) is 7.34. The zero-order valence-electron chi connectivity index (χ0n) is 11.9. The smallest absolute Gasteiger partial charge is 0.307 e. The molecular weight excluding hydrogens is 262 g/mol. The molecule has 1 unspecified atom stereocenters. The van der Waals surface area contributed by atoms with Crippen molar-refractivity contribution >= 4 is 5.97 Å². The quantitative estimate of drug-likeness (QED) is 0.885. The van der Waals surface area contributed by atoms with Crippen molar-refractivity contribution in [3.8, 4) is 0 Å². The summed E-state index contributed by atoms with van der Waals surface area (Å²) in [5.74, 6) is -0.784. The number of fused-ring (bicyclic) bond motifs is 1. The third kappa shape index (κ3) is 3.14. The molecule has 0 aromatic heterocycles. The maximum Gasteiger partial charge on any atom is 0.307 e. The Hall–Kier alpha value is -2.13. The van der Waals surface area contributed by atoms with Crippen LogP contribution in [-0.4, -0.2) is 11.1 Å². The van der Waals surface area contributed by atoms with Crippen molar-refractivity contribution in [1.82, 2.24) is 5.32 Å². The Labute approximate surface area is 124 Å². The van der Waals surface area contributed by atoms with Crippen molar-refractivity contribution in [3.63, 3.8) is 0 Å². The van der Waals surface area contributed by atoms with Crippen LogP contribution in [0.5, 0.6) is 0 Å². The van der Waals surface area contributed by atoms with E-state index >= 15 is 0 Å². The fourth-order valence-electron chi connectivity index (χ4n) is 3.07. The number of nitrogens with one attached hydrogen (secondary N) is 1. The van der Waals surface area contributed by atoms with Crippen molar-refractivity contribution in [2.75, 3.05) is 0 Å². The minimum Gasteiger partial charge on any atom is -0.481 e. The van der Waals surface area contributed by atoms with E-state index in [0.29, 0.717) is 12.6 Å². The molecule has 2 N–H and O–H groups in total. The zero-order chi connectivity index (χ0) is 14.7. The van der Waals surface area contributed by atoms with Gasteiger partial charge in [0.25, 0.3) is 0 Å². The Morgan fingerprint density at radius 3 is 2.62 bits per heavy atom. The van der Waals surface area contributed by atoms with Crippen LogP contribution in [0.2, 0.25) is 0 Å². The lowest BCUT2D eigenvalue weighted by molar-refractivity contribution is -0.136. The number of carboxylic acids is 1. The summed E-state index contributed by atoms with van der Waals surface area (Å²) < 4.78 is 0. The Bertz CT molecular complexity index is 651. The topological polar surface area (TPSA) is 49.3 Å². The fraction of sp³-hybridized carbons (Fsp3) is 0.278. The Balaban J connectivity index is 1.70. The van der Waals surface area contributed by atoms with Gasteiger partial charge in [-0.15, -0.1) is 0 Å². The number of rotatable bonds is 5. The minimum atomic E-state index is -0.784. The predicted molar refractivity (Wildman–Crippen MR) is 82.1 cm³/mol. The molecule has 1 aliphatic rings. The second-order valence-corrected chi connectivity index (χ2v) is 5.51. The van der Waals surface area contributed by atoms with Crippen molar-refractivity contribution < 1.29 is 9.90 Å². The van der Waals surface area contributed by atoms with Crippen molar-refractivity contribution in [2.24, 2.45) is 0 Å². The Kier molecular flexibility index (Phi) is 4.02. The molecule has 108 valence electrons. The largest absolute Gasteiger partial charge is 0.481 e. The highest BCUT2D eigenvalue weighted by Gasteiger charge is 2.21. The van der Waals surface area contributed by atoms with Gasteiger partial charge in [0.1, 0.15) is 0 Å². The highest BCUT2D eigenvalue weighted by Crippen LogP contribution is 2.31. The third-order valence-electron chi connectivity index (χ3n) is 4.13. The molecule has 2 aromatic rings. The summed E-state index contributed by atoms with van der Waals surface area (Å²) in [6.07, 6.45) is 2.31. The first-order valence-electron chi connectivity index (χ1n) is 7.34. The molecule has 1 atom stereocenters. The highest BCUT2D eigenvalue weighted by atomic mass is 16.4. The SMILES string of the molecule is O=C(O)Cc1ccccc1CNC1CCc2ccccc21. The summed E-state index contributed by atoms with van der Waals surface area (Å²) in [4.78, 5) is 10.9. The lowest BCUT2D eigenvalue weighted by Gasteiger charge is -2.15. The molecule has 0 saturated carbocycles. The first-order chi connectivity index (χ1) is 10.2. The molecule has 3 nitrogen and oxygen atoms in total. The van der Waals surface area contributed by atoms with Crippen LogP contribution in [0.25, 0.3) is 0 Å². The third-order valence-corrected chi connectivity index (χ3v) is 4.13. The van der Waals surface area contributed by atoms with E-state index in [1.807, 2.05) is 24.3 Å². The second kappa shape index (κ2) is 6.10. The van der Waals surface area contributed by atoms with Gasteiger partial charge >= 0.3 is 5.97 Å². The molecule has 0 heterocycles. The van der Waals surface area contributed by atoms with Gasteiger partial charge in [-0.2, -0.15) is 0 Å². The molecule has 0 fully saturated rings. The summed E-state index contributed by atoms with van der Waals surface area (Å²) in [5, 5.41) is 12.6. The van der Waals surface area contributed by atoms with E-state index in [1.165, 1.54) is 11.1 Å². The van der Waals surface area contributed by atoms with E-state index in [2.05, 4.69) is 29.6 Å². The van der Waals surface area contributed by atoms with E-state index in [1.54, 1.807) is 0 Å².